The van der Waals surface area contributed by atoms with E-state index in [-0.39, 0.29) is 6.10 Å². The molecule has 16 heavy (non-hydrogen) atoms. The number of pyridine rings is 1. The zero-order valence-electron chi connectivity index (χ0n) is 9.63. The van der Waals surface area contributed by atoms with Crippen LogP contribution in [0.15, 0.2) is 16.7 Å². The quantitative estimate of drug-likeness (QED) is 0.695. The molecule has 0 aliphatic rings. The predicted molar refractivity (Wildman–Crippen MR) is 69.7 cm³/mol. The molecule has 0 aliphatic heterocycles. The summed E-state index contributed by atoms with van der Waals surface area (Å²) in [5, 5.41) is 15.4. The first kappa shape index (κ1) is 13.4. The smallest absolute Gasteiger partial charge is 0.140 e. The first-order chi connectivity index (χ1) is 7.59. The maximum Gasteiger partial charge on any atom is 0.140 e. The van der Waals surface area contributed by atoms with Gasteiger partial charge in [-0.1, -0.05) is 0 Å². The van der Waals surface area contributed by atoms with Gasteiger partial charge in [0.1, 0.15) is 5.82 Å². The molecule has 0 spiro atoms. The van der Waals surface area contributed by atoms with Gasteiger partial charge in [0.2, 0.25) is 0 Å². The molecular formula is C11H18BrN3O. The third-order valence-corrected chi connectivity index (χ3v) is 2.62. The standard InChI is InChI=1S/C11H18BrN3O/c1-8-5-10(12)11(15-6-8)14-4-3-13-7-9(2)16/h5-6,9,13,16H,3-4,7H2,1-2H3,(H,14,15). The van der Waals surface area contributed by atoms with Crippen LogP contribution in [0.1, 0.15) is 12.5 Å². The van der Waals surface area contributed by atoms with Gasteiger partial charge in [0.25, 0.3) is 0 Å². The molecule has 0 fully saturated rings. The number of aromatic nitrogens is 1. The molecule has 0 aromatic carbocycles. The van der Waals surface area contributed by atoms with E-state index in [2.05, 4.69) is 31.5 Å². The topological polar surface area (TPSA) is 57.2 Å². The average Bonchev–Trinajstić information content (AvgIpc) is 2.20. The number of halogens is 1. The van der Waals surface area contributed by atoms with Gasteiger partial charge in [0, 0.05) is 25.8 Å². The highest BCUT2D eigenvalue weighted by Gasteiger charge is 2.00. The van der Waals surface area contributed by atoms with Crippen LogP contribution in [0.2, 0.25) is 0 Å². The molecule has 0 saturated heterocycles. The fourth-order valence-corrected chi connectivity index (χ4v) is 1.85. The number of rotatable bonds is 6. The lowest BCUT2D eigenvalue weighted by molar-refractivity contribution is 0.192. The molecule has 3 N–H and O–H groups in total. The fraction of sp³-hybridized carbons (Fsp3) is 0.545. The third-order valence-electron chi connectivity index (χ3n) is 2.01. The van der Waals surface area contributed by atoms with E-state index in [9.17, 15) is 0 Å². The van der Waals surface area contributed by atoms with E-state index < -0.39 is 0 Å². The molecule has 90 valence electrons. The molecule has 1 atom stereocenters. The predicted octanol–water partition coefficient (Wildman–Crippen LogP) is 1.53. The van der Waals surface area contributed by atoms with E-state index in [0.717, 1.165) is 28.9 Å². The van der Waals surface area contributed by atoms with Crippen LogP contribution in [0.25, 0.3) is 0 Å². The zero-order valence-corrected chi connectivity index (χ0v) is 11.2. The Balaban J connectivity index is 2.27. The Morgan fingerprint density at radius 2 is 2.25 bits per heavy atom. The molecular weight excluding hydrogens is 270 g/mol. The van der Waals surface area contributed by atoms with Gasteiger partial charge < -0.3 is 15.7 Å². The monoisotopic (exact) mass is 287 g/mol. The summed E-state index contributed by atoms with van der Waals surface area (Å²) in [4.78, 5) is 4.28. The van der Waals surface area contributed by atoms with Crippen LogP contribution in [0, 0.1) is 6.92 Å². The van der Waals surface area contributed by atoms with Gasteiger partial charge in [-0.15, -0.1) is 0 Å². The van der Waals surface area contributed by atoms with Crippen molar-refractivity contribution in [3.63, 3.8) is 0 Å². The minimum absolute atomic E-state index is 0.302. The fourth-order valence-electron chi connectivity index (χ4n) is 1.24. The number of hydrogen-bond donors (Lipinski definition) is 3. The Morgan fingerprint density at radius 3 is 2.88 bits per heavy atom. The number of aliphatic hydroxyl groups is 1. The molecule has 1 aromatic rings. The largest absolute Gasteiger partial charge is 0.392 e. The van der Waals surface area contributed by atoms with Crippen LogP contribution < -0.4 is 10.6 Å². The van der Waals surface area contributed by atoms with Crippen molar-refractivity contribution >= 4 is 21.7 Å². The molecule has 1 unspecified atom stereocenters. The molecule has 0 bridgehead atoms. The number of nitrogens with zero attached hydrogens (tertiary/aromatic N) is 1. The van der Waals surface area contributed by atoms with Gasteiger partial charge in [-0.05, 0) is 41.4 Å². The molecule has 1 heterocycles. The summed E-state index contributed by atoms with van der Waals surface area (Å²) in [7, 11) is 0. The van der Waals surface area contributed by atoms with Crippen LogP contribution in [0.5, 0.6) is 0 Å². The maximum atomic E-state index is 9.04. The molecule has 1 rings (SSSR count). The molecule has 0 radical (unpaired) electrons. The Labute approximate surface area is 105 Å². The first-order valence-electron chi connectivity index (χ1n) is 5.34. The van der Waals surface area contributed by atoms with Crippen molar-refractivity contribution in [3.05, 3.63) is 22.3 Å². The highest BCUT2D eigenvalue weighted by molar-refractivity contribution is 9.10. The third kappa shape index (κ3) is 4.92. The molecule has 0 amide bonds. The van der Waals surface area contributed by atoms with E-state index >= 15 is 0 Å². The van der Waals surface area contributed by atoms with Crippen LogP contribution in [-0.2, 0) is 0 Å². The summed E-state index contributed by atoms with van der Waals surface area (Å²) in [5.74, 6) is 0.851. The summed E-state index contributed by atoms with van der Waals surface area (Å²) in [6.45, 7) is 5.96. The molecule has 4 nitrogen and oxygen atoms in total. The number of nitrogens with one attached hydrogen (secondary N) is 2. The van der Waals surface area contributed by atoms with Gasteiger partial charge in [-0.2, -0.15) is 0 Å². The zero-order chi connectivity index (χ0) is 12.0. The van der Waals surface area contributed by atoms with E-state index in [1.54, 1.807) is 6.92 Å². The Kier molecular flexibility index (Phi) is 5.73. The summed E-state index contributed by atoms with van der Waals surface area (Å²) in [6.07, 6.45) is 1.53. The second-order valence-electron chi connectivity index (χ2n) is 3.82. The Bertz CT molecular complexity index is 331. The lowest BCUT2D eigenvalue weighted by atomic mass is 10.3. The Morgan fingerprint density at radius 1 is 1.50 bits per heavy atom. The van der Waals surface area contributed by atoms with Gasteiger partial charge in [-0.3, -0.25) is 0 Å². The SMILES string of the molecule is Cc1cnc(NCCNCC(C)O)c(Br)c1. The van der Waals surface area contributed by atoms with E-state index in [0.29, 0.717) is 6.54 Å². The van der Waals surface area contributed by atoms with Crippen molar-refractivity contribution < 1.29 is 5.11 Å². The van der Waals surface area contributed by atoms with Gasteiger partial charge in [-0.25, -0.2) is 4.98 Å². The van der Waals surface area contributed by atoms with Gasteiger partial charge in [0.15, 0.2) is 0 Å². The van der Waals surface area contributed by atoms with E-state index in [1.807, 2.05) is 19.2 Å². The summed E-state index contributed by atoms with van der Waals surface area (Å²) < 4.78 is 0.975. The molecule has 1 aromatic heterocycles. The minimum atomic E-state index is -0.302. The van der Waals surface area contributed by atoms with Crippen LogP contribution in [0.3, 0.4) is 0 Å². The van der Waals surface area contributed by atoms with Crippen molar-refractivity contribution in [3.8, 4) is 0 Å². The first-order valence-corrected chi connectivity index (χ1v) is 6.13. The van der Waals surface area contributed by atoms with Gasteiger partial charge >= 0.3 is 0 Å². The number of aryl methyl sites for hydroxylation is 1. The van der Waals surface area contributed by atoms with E-state index in [1.165, 1.54) is 0 Å². The molecule has 0 aliphatic carbocycles. The normalized spacial score (nSPS) is 12.5. The highest BCUT2D eigenvalue weighted by Crippen LogP contribution is 2.19. The number of anilines is 1. The van der Waals surface area contributed by atoms with E-state index in [4.69, 9.17) is 5.11 Å². The maximum absolute atomic E-state index is 9.04. The number of aliphatic hydroxyl groups excluding tert-OH is 1. The van der Waals surface area contributed by atoms with Crippen molar-refractivity contribution in [2.75, 3.05) is 25.0 Å². The molecule has 5 heteroatoms. The van der Waals surface area contributed by atoms with Crippen LogP contribution in [0.4, 0.5) is 5.82 Å². The Hall–Kier alpha value is -0.650. The molecule has 0 saturated carbocycles. The lowest BCUT2D eigenvalue weighted by Crippen LogP contribution is -2.29. The second kappa shape index (κ2) is 6.83. The summed E-state index contributed by atoms with van der Waals surface area (Å²) in [6, 6.07) is 2.03. The summed E-state index contributed by atoms with van der Waals surface area (Å²) >= 11 is 3.45. The second-order valence-corrected chi connectivity index (χ2v) is 4.68. The van der Waals surface area contributed by atoms with Crippen molar-refractivity contribution in [1.82, 2.24) is 10.3 Å². The van der Waals surface area contributed by atoms with Crippen LogP contribution >= 0.6 is 15.9 Å². The van der Waals surface area contributed by atoms with Gasteiger partial charge in [0.05, 0.1) is 10.6 Å². The van der Waals surface area contributed by atoms with Crippen LogP contribution in [-0.4, -0.2) is 35.8 Å². The van der Waals surface area contributed by atoms with Crippen molar-refractivity contribution in [1.29, 1.82) is 0 Å². The number of hydrogen-bond acceptors (Lipinski definition) is 4. The van der Waals surface area contributed by atoms with Crippen molar-refractivity contribution in [2.45, 2.75) is 20.0 Å². The lowest BCUT2D eigenvalue weighted by Gasteiger charge is -2.09. The minimum Gasteiger partial charge on any atom is -0.392 e. The average molecular weight is 288 g/mol. The van der Waals surface area contributed by atoms with Crippen molar-refractivity contribution in [2.24, 2.45) is 0 Å². The summed E-state index contributed by atoms with van der Waals surface area (Å²) in [5.41, 5.74) is 1.13. The highest BCUT2D eigenvalue weighted by atomic mass is 79.9.